The standard InChI is InChI=1S/C19H19N3O6S/c1-27-18(26)12-4-2-6-22(12)17(25)10-8-11-15(13(23)9-10)29-19(20-11)21-16(24)14-5-3-7-28-14/h3,5,7,10,12H,2,4,6,8-9H2,1H3,(H,20,21,24)/t10-,12+/m1/s1. The maximum absolute atomic E-state index is 13.0. The minimum atomic E-state index is -0.595. The molecule has 1 saturated heterocycles. The predicted octanol–water partition coefficient (Wildman–Crippen LogP) is 1.90. The summed E-state index contributed by atoms with van der Waals surface area (Å²) in [5, 5.41) is 2.90. The molecule has 2 amide bonds. The van der Waals surface area contributed by atoms with Gasteiger partial charge in [0.25, 0.3) is 5.91 Å². The number of rotatable bonds is 4. The summed E-state index contributed by atoms with van der Waals surface area (Å²) in [6, 6.07) is 2.53. The van der Waals surface area contributed by atoms with E-state index < -0.39 is 23.8 Å². The number of aromatic nitrogens is 1. The van der Waals surface area contributed by atoms with Crippen LogP contribution in [0, 0.1) is 5.92 Å². The van der Waals surface area contributed by atoms with Crippen LogP contribution in [0.5, 0.6) is 0 Å². The molecule has 0 spiro atoms. The Morgan fingerprint density at radius 2 is 2.17 bits per heavy atom. The van der Waals surface area contributed by atoms with Crippen LogP contribution < -0.4 is 5.32 Å². The zero-order valence-corrected chi connectivity index (χ0v) is 16.5. The number of esters is 1. The first-order chi connectivity index (χ1) is 14.0. The van der Waals surface area contributed by atoms with Gasteiger partial charge < -0.3 is 14.1 Å². The first kappa shape index (κ1) is 19.3. The number of carbonyl (C=O) groups excluding carboxylic acids is 4. The van der Waals surface area contributed by atoms with Crippen LogP contribution >= 0.6 is 11.3 Å². The zero-order chi connectivity index (χ0) is 20.5. The zero-order valence-electron chi connectivity index (χ0n) is 15.7. The molecule has 1 fully saturated rings. The fraction of sp³-hybridized carbons (Fsp3) is 0.421. The van der Waals surface area contributed by atoms with Crippen LogP contribution in [0.25, 0.3) is 0 Å². The third-order valence-electron chi connectivity index (χ3n) is 5.15. The summed E-state index contributed by atoms with van der Waals surface area (Å²) in [7, 11) is 1.30. The molecule has 0 aromatic carbocycles. The van der Waals surface area contributed by atoms with Gasteiger partial charge in [-0.15, -0.1) is 0 Å². The molecule has 2 aromatic rings. The van der Waals surface area contributed by atoms with Crippen LogP contribution in [0.2, 0.25) is 0 Å². The van der Waals surface area contributed by atoms with Crippen molar-refractivity contribution in [2.24, 2.45) is 5.92 Å². The van der Waals surface area contributed by atoms with E-state index in [1.807, 2.05) is 0 Å². The Morgan fingerprint density at radius 1 is 1.34 bits per heavy atom. The quantitative estimate of drug-likeness (QED) is 0.755. The van der Waals surface area contributed by atoms with E-state index in [-0.39, 0.29) is 35.4 Å². The second-order valence-corrected chi connectivity index (χ2v) is 7.97. The predicted molar refractivity (Wildman–Crippen MR) is 102 cm³/mol. The van der Waals surface area contributed by atoms with E-state index in [0.717, 1.165) is 17.8 Å². The first-order valence-corrected chi connectivity index (χ1v) is 10.1. The molecular formula is C19H19N3O6S. The van der Waals surface area contributed by atoms with Crippen molar-refractivity contribution in [3.63, 3.8) is 0 Å². The fourth-order valence-electron chi connectivity index (χ4n) is 3.77. The van der Waals surface area contributed by atoms with Gasteiger partial charge >= 0.3 is 5.97 Å². The first-order valence-electron chi connectivity index (χ1n) is 9.24. The van der Waals surface area contributed by atoms with E-state index in [1.165, 1.54) is 24.3 Å². The van der Waals surface area contributed by atoms with Gasteiger partial charge in [0.15, 0.2) is 16.7 Å². The molecule has 0 bridgehead atoms. The number of nitrogens with one attached hydrogen (secondary N) is 1. The van der Waals surface area contributed by atoms with Crippen molar-refractivity contribution in [2.75, 3.05) is 19.0 Å². The number of amides is 2. The fourth-order valence-corrected chi connectivity index (χ4v) is 4.71. The molecule has 1 N–H and O–H groups in total. The number of nitrogens with zero attached hydrogens (tertiary/aromatic N) is 2. The number of anilines is 1. The number of fused-ring (bicyclic) bond motifs is 1. The molecule has 1 aliphatic heterocycles. The highest BCUT2D eigenvalue weighted by molar-refractivity contribution is 7.17. The van der Waals surface area contributed by atoms with E-state index in [2.05, 4.69) is 10.3 Å². The maximum atomic E-state index is 13.0. The molecule has 3 heterocycles. The molecule has 10 heteroatoms. The number of furan rings is 1. The van der Waals surface area contributed by atoms with E-state index in [4.69, 9.17) is 9.15 Å². The number of likely N-dealkylation sites (tertiary alicyclic amines) is 1. The molecule has 29 heavy (non-hydrogen) atoms. The number of hydrogen-bond donors (Lipinski definition) is 1. The lowest BCUT2D eigenvalue weighted by atomic mass is 9.88. The summed E-state index contributed by atoms with van der Waals surface area (Å²) in [5.74, 6) is -1.74. The van der Waals surface area contributed by atoms with Gasteiger partial charge in [0.1, 0.15) is 6.04 Å². The molecule has 2 atom stereocenters. The van der Waals surface area contributed by atoms with Gasteiger partial charge in [-0.2, -0.15) is 0 Å². The Hall–Kier alpha value is -3.01. The summed E-state index contributed by atoms with van der Waals surface area (Å²) >= 11 is 1.09. The second kappa shape index (κ2) is 7.78. The molecule has 4 rings (SSSR count). The van der Waals surface area contributed by atoms with Gasteiger partial charge in [0, 0.05) is 19.4 Å². The monoisotopic (exact) mass is 417 g/mol. The molecule has 0 unspecified atom stereocenters. The van der Waals surface area contributed by atoms with Gasteiger partial charge in [0.2, 0.25) is 5.91 Å². The highest BCUT2D eigenvalue weighted by Crippen LogP contribution is 2.34. The highest BCUT2D eigenvalue weighted by atomic mass is 32.1. The maximum Gasteiger partial charge on any atom is 0.328 e. The van der Waals surface area contributed by atoms with Gasteiger partial charge in [-0.05, 0) is 25.0 Å². The minimum absolute atomic E-state index is 0.0595. The lowest BCUT2D eigenvalue weighted by Crippen LogP contribution is -2.45. The van der Waals surface area contributed by atoms with E-state index >= 15 is 0 Å². The lowest BCUT2D eigenvalue weighted by molar-refractivity contribution is -0.152. The van der Waals surface area contributed by atoms with Crippen molar-refractivity contribution in [2.45, 2.75) is 31.7 Å². The summed E-state index contributed by atoms with van der Waals surface area (Å²) in [5.41, 5.74) is 0.494. The molecule has 1 aliphatic carbocycles. The minimum Gasteiger partial charge on any atom is -0.467 e. The molecule has 0 radical (unpaired) electrons. The number of ketones is 1. The topological polar surface area (TPSA) is 119 Å². The Labute approximate surface area is 170 Å². The van der Waals surface area contributed by atoms with E-state index in [0.29, 0.717) is 23.5 Å². The Kier molecular flexibility index (Phi) is 5.18. The number of ether oxygens (including phenoxy) is 1. The second-order valence-electron chi connectivity index (χ2n) is 6.97. The molecule has 9 nitrogen and oxygen atoms in total. The van der Waals surface area contributed by atoms with Gasteiger partial charge in [-0.1, -0.05) is 11.3 Å². The number of hydrogen-bond acceptors (Lipinski definition) is 8. The summed E-state index contributed by atoms with van der Waals surface area (Å²) in [6.07, 6.45) is 3.02. The van der Waals surface area contributed by atoms with Gasteiger partial charge in [0.05, 0.1) is 29.9 Å². The van der Waals surface area contributed by atoms with Crippen LogP contribution in [0.3, 0.4) is 0 Å². The largest absolute Gasteiger partial charge is 0.467 e. The van der Waals surface area contributed by atoms with Crippen molar-refractivity contribution in [3.05, 3.63) is 34.7 Å². The van der Waals surface area contributed by atoms with Crippen molar-refractivity contribution in [3.8, 4) is 0 Å². The van der Waals surface area contributed by atoms with E-state index in [1.54, 1.807) is 6.07 Å². The Balaban J connectivity index is 1.49. The summed E-state index contributed by atoms with van der Waals surface area (Å²) in [4.78, 5) is 55.9. The highest BCUT2D eigenvalue weighted by Gasteiger charge is 2.41. The van der Waals surface area contributed by atoms with Crippen LogP contribution in [0.15, 0.2) is 22.8 Å². The SMILES string of the molecule is COC(=O)[C@@H]1CCCN1C(=O)[C@H]1CC(=O)c2sc(NC(=O)c3ccco3)nc2C1. The summed E-state index contributed by atoms with van der Waals surface area (Å²) < 4.78 is 9.84. The third kappa shape index (κ3) is 3.67. The smallest absolute Gasteiger partial charge is 0.328 e. The van der Waals surface area contributed by atoms with E-state index in [9.17, 15) is 19.2 Å². The molecule has 2 aromatic heterocycles. The van der Waals surface area contributed by atoms with Crippen molar-refractivity contribution >= 4 is 40.0 Å². The van der Waals surface area contributed by atoms with Gasteiger partial charge in [-0.3, -0.25) is 19.7 Å². The number of methoxy groups -OCH3 is 1. The van der Waals surface area contributed by atoms with Crippen LogP contribution in [0.4, 0.5) is 5.13 Å². The lowest BCUT2D eigenvalue weighted by Gasteiger charge is -2.28. The molecular weight excluding hydrogens is 398 g/mol. The van der Waals surface area contributed by atoms with Crippen molar-refractivity contribution < 1.29 is 28.3 Å². The Bertz CT molecular complexity index is 967. The number of carbonyl (C=O) groups is 4. The average Bonchev–Trinajstić information content (AvgIpc) is 3.46. The normalized spacial score (nSPS) is 21.0. The van der Waals surface area contributed by atoms with Crippen LogP contribution in [-0.2, 0) is 20.7 Å². The van der Waals surface area contributed by atoms with Crippen LogP contribution in [-0.4, -0.2) is 53.1 Å². The van der Waals surface area contributed by atoms with Crippen molar-refractivity contribution in [1.29, 1.82) is 0 Å². The molecule has 152 valence electrons. The Morgan fingerprint density at radius 3 is 2.90 bits per heavy atom. The molecule has 2 aliphatic rings. The van der Waals surface area contributed by atoms with Gasteiger partial charge in [-0.25, -0.2) is 9.78 Å². The number of thiazole rings is 1. The average molecular weight is 417 g/mol. The van der Waals surface area contributed by atoms with Crippen molar-refractivity contribution in [1.82, 2.24) is 9.88 Å². The summed E-state index contributed by atoms with van der Waals surface area (Å²) in [6.45, 7) is 0.470. The molecule has 0 saturated carbocycles. The van der Waals surface area contributed by atoms with Crippen LogP contribution in [0.1, 0.15) is 45.2 Å². The third-order valence-corrected chi connectivity index (χ3v) is 6.20. The number of Topliss-reactive ketones (excluding diaryl/α,β-unsaturated/α-hetero) is 1.